The van der Waals surface area contributed by atoms with Crippen LogP contribution in [0.1, 0.15) is 174 Å². The Kier molecular flexibility index (Phi) is 30.2. The molecule has 0 spiro atoms. The van der Waals surface area contributed by atoms with Gasteiger partial charge in [0.15, 0.2) is 0 Å². The number of benzene rings is 1. The summed E-state index contributed by atoms with van der Waals surface area (Å²) in [5.41, 5.74) is 1.38. The SMILES string of the molecule is CCCCCC=CCC=CCCCCCCCCOC1CN(Cc2ccccc2)C[C@H]1OCCCCCCCCC=CCC=CCCCCC. The molecule has 0 N–H and O–H groups in total. The summed E-state index contributed by atoms with van der Waals surface area (Å²) in [5, 5.41) is 0. The lowest BCUT2D eigenvalue weighted by atomic mass is 10.1. The van der Waals surface area contributed by atoms with Gasteiger partial charge in [-0.1, -0.05) is 170 Å². The van der Waals surface area contributed by atoms with E-state index in [2.05, 4.69) is 97.7 Å². The van der Waals surface area contributed by atoms with Crippen LogP contribution in [0.3, 0.4) is 0 Å². The highest BCUT2D eigenvalue weighted by atomic mass is 16.5. The van der Waals surface area contributed by atoms with Gasteiger partial charge in [0.2, 0.25) is 0 Å². The van der Waals surface area contributed by atoms with Crippen molar-refractivity contribution in [2.24, 2.45) is 0 Å². The number of unbranched alkanes of at least 4 members (excludes halogenated alkanes) is 18. The van der Waals surface area contributed by atoms with Crippen LogP contribution in [-0.4, -0.2) is 43.4 Å². The minimum Gasteiger partial charge on any atom is -0.374 e. The molecule has 0 aliphatic carbocycles. The highest BCUT2D eigenvalue weighted by Gasteiger charge is 2.34. The average Bonchev–Trinajstić information content (AvgIpc) is 3.51. The fourth-order valence-electron chi connectivity index (χ4n) is 6.76. The van der Waals surface area contributed by atoms with E-state index >= 15 is 0 Å². The van der Waals surface area contributed by atoms with Gasteiger partial charge in [-0.05, 0) is 82.6 Å². The first-order chi connectivity index (χ1) is 24.8. The molecule has 1 fully saturated rings. The molecule has 0 saturated carbocycles. The van der Waals surface area contributed by atoms with E-state index in [1.165, 1.54) is 147 Å². The van der Waals surface area contributed by atoms with Gasteiger partial charge in [0, 0.05) is 32.8 Å². The van der Waals surface area contributed by atoms with Gasteiger partial charge in [0.25, 0.3) is 0 Å². The first-order valence-corrected chi connectivity index (χ1v) is 21.4. The Labute approximate surface area is 311 Å². The Balaban J connectivity index is 1.51. The van der Waals surface area contributed by atoms with Crippen molar-refractivity contribution in [1.82, 2.24) is 4.90 Å². The molecule has 1 aliphatic rings. The maximum Gasteiger partial charge on any atom is 0.0975 e. The summed E-state index contributed by atoms with van der Waals surface area (Å²) in [6.45, 7) is 9.20. The van der Waals surface area contributed by atoms with Crippen molar-refractivity contribution in [1.29, 1.82) is 0 Å². The topological polar surface area (TPSA) is 21.7 Å². The van der Waals surface area contributed by atoms with Crippen molar-refractivity contribution < 1.29 is 9.47 Å². The van der Waals surface area contributed by atoms with Gasteiger partial charge >= 0.3 is 0 Å². The number of nitrogens with zero attached hydrogens (tertiary/aromatic N) is 1. The number of ether oxygens (including phenoxy) is 2. The summed E-state index contributed by atoms with van der Waals surface area (Å²) in [7, 11) is 0. The first-order valence-electron chi connectivity index (χ1n) is 21.4. The molecule has 0 bridgehead atoms. The van der Waals surface area contributed by atoms with E-state index in [0.29, 0.717) is 0 Å². The van der Waals surface area contributed by atoms with Crippen LogP contribution in [0.2, 0.25) is 0 Å². The van der Waals surface area contributed by atoms with Gasteiger partial charge in [-0.15, -0.1) is 0 Å². The van der Waals surface area contributed by atoms with Gasteiger partial charge in [-0.2, -0.15) is 0 Å². The second kappa shape index (κ2) is 34.2. The summed E-state index contributed by atoms with van der Waals surface area (Å²) >= 11 is 0. The lowest BCUT2D eigenvalue weighted by molar-refractivity contribution is -0.0481. The largest absolute Gasteiger partial charge is 0.374 e. The number of rotatable bonds is 34. The smallest absolute Gasteiger partial charge is 0.0975 e. The third-order valence-electron chi connectivity index (χ3n) is 9.89. The molecule has 0 radical (unpaired) electrons. The Morgan fingerprint density at radius 3 is 1.28 bits per heavy atom. The van der Waals surface area contributed by atoms with E-state index in [0.717, 1.165) is 45.7 Å². The van der Waals surface area contributed by atoms with Crippen LogP contribution < -0.4 is 0 Å². The second-order valence-electron chi connectivity index (χ2n) is 14.7. The molecule has 284 valence electrons. The lowest BCUT2D eigenvalue weighted by Crippen LogP contribution is -2.30. The van der Waals surface area contributed by atoms with Gasteiger partial charge in [0.1, 0.15) is 0 Å². The van der Waals surface area contributed by atoms with Gasteiger partial charge in [-0.25, -0.2) is 0 Å². The maximum absolute atomic E-state index is 6.50. The molecule has 3 nitrogen and oxygen atoms in total. The normalized spacial score (nSPS) is 17.2. The minimum atomic E-state index is 0.196. The number of hydrogen-bond acceptors (Lipinski definition) is 3. The predicted molar refractivity (Wildman–Crippen MR) is 220 cm³/mol. The molecule has 1 saturated heterocycles. The molecule has 1 aromatic rings. The quantitative estimate of drug-likeness (QED) is 0.0531. The summed E-state index contributed by atoms with van der Waals surface area (Å²) in [5.74, 6) is 0. The number of hydrogen-bond donors (Lipinski definition) is 0. The zero-order chi connectivity index (χ0) is 35.4. The lowest BCUT2D eigenvalue weighted by Gasteiger charge is -2.20. The van der Waals surface area contributed by atoms with Crippen LogP contribution >= 0.6 is 0 Å². The second-order valence-corrected chi connectivity index (χ2v) is 14.7. The monoisotopic (exact) mass is 690 g/mol. The molecule has 50 heavy (non-hydrogen) atoms. The van der Waals surface area contributed by atoms with E-state index < -0.39 is 0 Å². The number of allylic oxidation sites excluding steroid dienone is 8. The Bertz CT molecular complexity index is 909. The van der Waals surface area contributed by atoms with E-state index in [4.69, 9.17) is 9.47 Å². The van der Waals surface area contributed by atoms with Gasteiger partial charge in [0.05, 0.1) is 12.2 Å². The average molecular weight is 690 g/mol. The van der Waals surface area contributed by atoms with Gasteiger partial charge in [-0.3, -0.25) is 4.90 Å². The van der Waals surface area contributed by atoms with Crippen LogP contribution in [0.15, 0.2) is 78.9 Å². The van der Waals surface area contributed by atoms with Crippen molar-refractivity contribution in [3.63, 3.8) is 0 Å². The standard InChI is InChI=1S/C47H79NO2/c1-3-5-7-9-11-13-15-17-19-21-23-25-27-29-31-36-40-49-46-43-48(42-45-38-34-33-35-39-45)44-47(46)50-41-37-32-30-28-26-24-22-20-18-16-14-12-10-8-6-4-2/h11-14,17-20,33-35,38-39,46-47H,3-10,15-16,21-32,36-37,40-44H2,1-2H3/t46-,47?/m1/s1. The molecule has 1 aliphatic heterocycles. The summed E-state index contributed by atoms with van der Waals surface area (Å²) in [6, 6.07) is 10.9. The Hall–Kier alpha value is -1.94. The third kappa shape index (κ3) is 25.9. The summed E-state index contributed by atoms with van der Waals surface area (Å²) < 4.78 is 13.0. The van der Waals surface area contributed by atoms with E-state index in [-0.39, 0.29) is 12.2 Å². The Morgan fingerprint density at radius 2 is 0.860 bits per heavy atom. The van der Waals surface area contributed by atoms with Crippen molar-refractivity contribution >= 4 is 0 Å². The molecule has 1 unspecified atom stereocenters. The molecule has 0 aromatic heterocycles. The molecule has 0 amide bonds. The molecule has 1 heterocycles. The van der Waals surface area contributed by atoms with Crippen molar-refractivity contribution in [2.45, 2.75) is 187 Å². The van der Waals surface area contributed by atoms with Crippen LogP contribution in [0.25, 0.3) is 0 Å². The number of likely N-dealkylation sites (tertiary alicyclic amines) is 1. The van der Waals surface area contributed by atoms with E-state index in [1.54, 1.807) is 0 Å². The summed E-state index contributed by atoms with van der Waals surface area (Å²) in [6.07, 6.45) is 49.9. The zero-order valence-corrected chi connectivity index (χ0v) is 32.9. The predicted octanol–water partition coefficient (Wildman–Crippen LogP) is 13.9. The molecule has 2 atom stereocenters. The zero-order valence-electron chi connectivity index (χ0n) is 32.9. The fraction of sp³-hybridized carbons (Fsp3) is 0.702. The highest BCUT2D eigenvalue weighted by Crippen LogP contribution is 2.21. The molecular formula is C47H79NO2. The van der Waals surface area contributed by atoms with Gasteiger partial charge < -0.3 is 9.47 Å². The maximum atomic E-state index is 6.50. The molecular weight excluding hydrogens is 611 g/mol. The van der Waals surface area contributed by atoms with Crippen LogP contribution in [0, 0.1) is 0 Å². The minimum absolute atomic E-state index is 0.196. The molecule has 2 rings (SSSR count). The van der Waals surface area contributed by atoms with E-state index in [1.807, 2.05) is 0 Å². The molecule has 3 heteroatoms. The van der Waals surface area contributed by atoms with Crippen molar-refractivity contribution in [2.75, 3.05) is 26.3 Å². The van der Waals surface area contributed by atoms with Crippen LogP contribution in [-0.2, 0) is 16.0 Å². The van der Waals surface area contributed by atoms with Crippen molar-refractivity contribution in [3.8, 4) is 0 Å². The molecule has 1 aromatic carbocycles. The van der Waals surface area contributed by atoms with Crippen molar-refractivity contribution in [3.05, 3.63) is 84.5 Å². The fourth-order valence-corrected chi connectivity index (χ4v) is 6.76. The van der Waals surface area contributed by atoms with Crippen LogP contribution in [0.5, 0.6) is 0 Å². The highest BCUT2D eigenvalue weighted by molar-refractivity contribution is 5.15. The van der Waals surface area contributed by atoms with E-state index in [9.17, 15) is 0 Å². The summed E-state index contributed by atoms with van der Waals surface area (Å²) in [4.78, 5) is 2.53. The third-order valence-corrected chi connectivity index (χ3v) is 9.89. The first kappa shape index (κ1) is 44.2. The van der Waals surface area contributed by atoms with Crippen LogP contribution in [0.4, 0.5) is 0 Å². The Morgan fingerprint density at radius 1 is 0.480 bits per heavy atom.